The van der Waals surface area contributed by atoms with Crippen LogP contribution in [-0.4, -0.2) is 91.9 Å². The van der Waals surface area contributed by atoms with Gasteiger partial charge in [0.1, 0.15) is 12.1 Å². The van der Waals surface area contributed by atoms with Crippen molar-refractivity contribution in [1.29, 1.82) is 0 Å². The number of unbranched alkanes of at least 4 members (excludes halogenated alkanes) is 1. The molecular weight excluding hydrogens is 468 g/mol. The Morgan fingerprint density at radius 2 is 1.82 bits per heavy atom. The van der Waals surface area contributed by atoms with E-state index in [-0.39, 0.29) is 18.9 Å². The minimum atomic E-state index is -1.04. The second-order valence-electron chi connectivity index (χ2n) is 8.15. The van der Waals surface area contributed by atoms with Crippen molar-refractivity contribution < 1.29 is 38.1 Å². The number of ether oxygens (including phenoxy) is 4. The van der Waals surface area contributed by atoms with Gasteiger partial charge in [-0.2, -0.15) is 0 Å². The van der Waals surface area contributed by atoms with Crippen LogP contribution in [0.5, 0.6) is 0 Å². The zero-order valence-electron chi connectivity index (χ0n) is 19.7. The average Bonchev–Trinajstić information content (AvgIpc) is 2.77. The van der Waals surface area contributed by atoms with E-state index in [9.17, 15) is 19.2 Å². The first-order valence-electron chi connectivity index (χ1n) is 11.3. The first-order chi connectivity index (χ1) is 16.2. The molecular formula is C21H34N4O8S. The number of rotatable bonds is 11. The number of thiol groups is 1. The summed E-state index contributed by atoms with van der Waals surface area (Å²) in [7, 11) is 0. The molecule has 13 heteroatoms. The first-order valence-corrected chi connectivity index (χ1v) is 11.7. The van der Waals surface area contributed by atoms with Crippen molar-refractivity contribution in [3.8, 4) is 0 Å². The molecule has 1 fully saturated rings. The van der Waals surface area contributed by atoms with Crippen molar-refractivity contribution in [3.63, 3.8) is 0 Å². The van der Waals surface area contributed by atoms with Gasteiger partial charge in [-0.1, -0.05) is 12.8 Å². The summed E-state index contributed by atoms with van der Waals surface area (Å²) in [5.41, 5.74) is 0. The molecule has 5 atom stereocenters. The van der Waals surface area contributed by atoms with Crippen LogP contribution in [0.4, 0.5) is 0 Å². The van der Waals surface area contributed by atoms with Crippen LogP contribution >= 0.6 is 12.8 Å². The number of nitrogens with one attached hydrogen (secondary N) is 2. The lowest BCUT2D eigenvalue weighted by Gasteiger charge is -2.46. The molecule has 0 saturated carbocycles. The maximum absolute atomic E-state index is 12.0. The minimum absolute atomic E-state index is 0.198. The number of nitrogens with zero attached hydrogens (tertiary/aromatic N) is 2. The molecule has 192 valence electrons. The monoisotopic (exact) mass is 502 g/mol. The van der Waals surface area contributed by atoms with Crippen LogP contribution in [0.2, 0.25) is 0 Å². The second kappa shape index (κ2) is 14.1. The summed E-state index contributed by atoms with van der Waals surface area (Å²) < 4.78 is 25.4. The van der Waals surface area contributed by atoms with Gasteiger partial charge >= 0.3 is 11.9 Å². The highest BCUT2D eigenvalue weighted by Crippen LogP contribution is 2.28. The molecule has 2 heterocycles. The molecule has 0 spiro atoms. The third-order valence-corrected chi connectivity index (χ3v) is 5.47. The van der Waals surface area contributed by atoms with E-state index < -0.39 is 48.5 Å². The summed E-state index contributed by atoms with van der Waals surface area (Å²) in [5.74, 6) is -1.77. The van der Waals surface area contributed by atoms with Crippen molar-refractivity contribution in [1.82, 2.24) is 14.9 Å². The van der Waals surface area contributed by atoms with Crippen molar-refractivity contribution >= 4 is 42.9 Å². The lowest BCUT2D eigenvalue weighted by Crippen LogP contribution is -2.67. The van der Waals surface area contributed by atoms with Crippen LogP contribution in [-0.2, 0) is 38.1 Å². The summed E-state index contributed by atoms with van der Waals surface area (Å²) in [6.07, 6.45) is 0.245. The fraction of sp³-hybridized carbons (Fsp3) is 0.762. The Morgan fingerprint density at radius 1 is 1.12 bits per heavy atom. The number of hydrogen-bond donors (Lipinski definition) is 3. The zero-order valence-corrected chi connectivity index (χ0v) is 20.6. The van der Waals surface area contributed by atoms with Crippen molar-refractivity contribution in [2.24, 2.45) is 4.99 Å². The van der Waals surface area contributed by atoms with E-state index >= 15 is 0 Å². The van der Waals surface area contributed by atoms with Gasteiger partial charge in [0.25, 0.3) is 0 Å². The molecule has 12 nitrogen and oxygen atoms in total. The zero-order chi connectivity index (χ0) is 25.1. The van der Waals surface area contributed by atoms with Crippen LogP contribution in [0, 0.1) is 0 Å². The van der Waals surface area contributed by atoms with E-state index in [1.807, 2.05) is 4.90 Å². The number of aliphatic imine (C=N–C) groups is 1. The predicted octanol–water partition coefficient (Wildman–Crippen LogP) is -0.0387. The predicted molar refractivity (Wildman–Crippen MR) is 124 cm³/mol. The number of hydrogen-bond acceptors (Lipinski definition) is 11. The normalized spacial score (nSPS) is 26.5. The number of carbonyl (C=O) groups excluding carboxylic acids is 4. The largest absolute Gasteiger partial charge is 0.456 e. The van der Waals surface area contributed by atoms with Gasteiger partial charge in [0.15, 0.2) is 18.5 Å². The molecule has 2 aliphatic rings. The molecule has 2 rings (SSSR count). The van der Waals surface area contributed by atoms with Crippen molar-refractivity contribution in [3.05, 3.63) is 0 Å². The van der Waals surface area contributed by atoms with Gasteiger partial charge in [-0.25, -0.2) is 0 Å². The highest BCUT2D eigenvalue weighted by molar-refractivity contribution is 7.78. The van der Waals surface area contributed by atoms with Crippen molar-refractivity contribution in [2.45, 2.75) is 77.1 Å². The maximum Gasteiger partial charge on any atom is 0.303 e. The van der Waals surface area contributed by atoms with Gasteiger partial charge in [0.05, 0.1) is 6.34 Å². The molecule has 1 saturated heterocycles. The highest BCUT2D eigenvalue weighted by Gasteiger charge is 2.51. The average molecular weight is 503 g/mol. The van der Waals surface area contributed by atoms with Crippen LogP contribution < -0.4 is 10.0 Å². The smallest absolute Gasteiger partial charge is 0.303 e. The van der Waals surface area contributed by atoms with Crippen LogP contribution in [0.3, 0.4) is 0 Å². The summed E-state index contributed by atoms with van der Waals surface area (Å²) >= 11 is 3.72. The maximum atomic E-state index is 12.0. The van der Waals surface area contributed by atoms with Crippen LogP contribution in [0.1, 0.15) is 46.5 Å². The molecule has 0 aliphatic carbocycles. The van der Waals surface area contributed by atoms with E-state index in [0.717, 1.165) is 19.5 Å². The van der Waals surface area contributed by atoms with Gasteiger partial charge in [-0.3, -0.25) is 24.2 Å². The Morgan fingerprint density at radius 3 is 2.41 bits per heavy atom. The topological polar surface area (TPSA) is 145 Å². The molecule has 0 aromatic rings. The molecule has 0 bridgehead atoms. The van der Waals surface area contributed by atoms with Gasteiger partial charge in [-0.05, 0) is 19.3 Å². The number of amides is 2. The van der Waals surface area contributed by atoms with Crippen LogP contribution in [0.15, 0.2) is 4.99 Å². The summed E-state index contributed by atoms with van der Waals surface area (Å²) in [6.45, 7) is 5.81. The summed E-state index contributed by atoms with van der Waals surface area (Å²) in [5, 5.41) is 2.71. The standard InChI is InChI=1S/C21H34N4O8S/c1-13(26)23-18-20(32-15(3)28)19(31-14(2)27)16(11-25-9-6-8-22-12-25)33-21(18)30-10-5-4-7-17(29)24-34/h12,16,18-21,34H,4-11H2,1-3H3,(H,23,26)(H,24,29). The lowest BCUT2D eigenvalue weighted by molar-refractivity contribution is -0.272. The number of carbonyl (C=O) groups is 4. The summed E-state index contributed by atoms with van der Waals surface area (Å²) in [4.78, 5) is 53.3. The molecule has 0 aromatic carbocycles. The third kappa shape index (κ3) is 9.11. The summed E-state index contributed by atoms with van der Waals surface area (Å²) in [6, 6.07) is -0.919. The quantitative estimate of drug-likeness (QED) is 0.201. The fourth-order valence-corrected chi connectivity index (χ4v) is 3.97. The van der Waals surface area contributed by atoms with Gasteiger partial charge in [0.2, 0.25) is 11.8 Å². The van der Waals surface area contributed by atoms with Gasteiger partial charge in [-0.15, -0.1) is 0 Å². The molecule has 2 N–H and O–H groups in total. The van der Waals surface area contributed by atoms with E-state index in [4.69, 9.17) is 18.9 Å². The van der Waals surface area contributed by atoms with E-state index in [1.165, 1.54) is 20.8 Å². The number of esters is 2. The van der Waals surface area contributed by atoms with Crippen LogP contribution in [0.25, 0.3) is 0 Å². The highest BCUT2D eigenvalue weighted by atomic mass is 32.1. The van der Waals surface area contributed by atoms with Gasteiger partial charge < -0.3 is 33.9 Å². The minimum Gasteiger partial charge on any atom is -0.456 e. The first kappa shape index (κ1) is 27.9. The van der Waals surface area contributed by atoms with E-state index in [1.54, 1.807) is 6.34 Å². The van der Waals surface area contributed by atoms with E-state index in [0.29, 0.717) is 19.4 Å². The molecule has 5 unspecified atom stereocenters. The molecule has 34 heavy (non-hydrogen) atoms. The lowest BCUT2D eigenvalue weighted by atomic mass is 9.95. The van der Waals surface area contributed by atoms with Gasteiger partial charge in [0, 0.05) is 53.4 Å². The Hall–Kier alpha value is -2.38. The fourth-order valence-electron chi connectivity index (χ4n) is 3.86. The molecule has 2 amide bonds. The molecule has 2 aliphatic heterocycles. The molecule has 0 radical (unpaired) electrons. The molecule has 0 aromatic heterocycles. The SMILES string of the molecule is CC(=O)NC1C(OCCCCC(=O)NS)OC(CN2C=NCCC2)C(OC(C)=O)C1OC(C)=O. The van der Waals surface area contributed by atoms with E-state index in [2.05, 4.69) is 27.8 Å². The Labute approximate surface area is 204 Å². The third-order valence-electron chi connectivity index (χ3n) is 5.22. The second-order valence-corrected chi connectivity index (χ2v) is 8.37. The Balaban J connectivity index is 2.23. The Kier molecular flexibility index (Phi) is 11.6. The Bertz CT molecular complexity index is 752. The van der Waals surface area contributed by atoms with Crippen molar-refractivity contribution in [2.75, 3.05) is 26.2 Å².